The van der Waals surface area contributed by atoms with Crippen LogP contribution >= 0.6 is 0 Å². The second-order valence-corrected chi connectivity index (χ2v) is 5.05. The highest BCUT2D eigenvalue weighted by atomic mass is 19.4. The molecule has 0 aliphatic rings. The number of nitrogen functional groups attached to an aromatic ring is 1. The highest BCUT2D eigenvalue weighted by Crippen LogP contribution is 2.23. The van der Waals surface area contributed by atoms with Gasteiger partial charge in [0.25, 0.3) is 5.78 Å². The van der Waals surface area contributed by atoms with E-state index in [9.17, 15) is 18.0 Å². The molecule has 0 saturated heterocycles. The van der Waals surface area contributed by atoms with Gasteiger partial charge in [-0.25, -0.2) is 0 Å². The van der Waals surface area contributed by atoms with Crippen LogP contribution in [0.1, 0.15) is 39.0 Å². The maximum Gasteiger partial charge on any atom is 0.454 e. The molecule has 0 spiro atoms. The molecule has 122 valence electrons. The lowest BCUT2D eigenvalue weighted by Gasteiger charge is -2.13. The number of para-hydroxylation sites is 2. The van der Waals surface area contributed by atoms with Crippen LogP contribution in [0.15, 0.2) is 36.0 Å². The lowest BCUT2D eigenvalue weighted by atomic mass is 10.1. The van der Waals surface area contributed by atoms with Crippen molar-refractivity contribution in [3.8, 4) is 0 Å². The fourth-order valence-corrected chi connectivity index (χ4v) is 1.94. The Balaban J connectivity index is 2.84. The summed E-state index contributed by atoms with van der Waals surface area (Å²) in [6.45, 7) is 2.05. The van der Waals surface area contributed by atoms with Gasteiger partial charge in [-0.2, -0.15) is 13.2 Å². The number of carbonyl (C=O) groups excluding carboxylic acids is 1. The van der Waals surface area contributed by atoms with Crippen molar-refractivity contribution >= 4 is 17.2 Å². The Kier molecular flexibility index (Phi) is 6.95. The number of anilines is 2. The molecule has 0 heterocycles. The third kappa shape index (κ3) is 6.20. The molecule has 0 fully saturated rings. The van der Waals surface area contributed by atoms with Crippen molar-refractivity contribution in [3.63, 3.8) is 0 Å². The van der Waals surface area contributed by atoms with E-state index in [1.165, 1.54) is 0 Å². The Bertz CT molecular complexity index is 524. The molecule has 0 bridgehead atoms. The van der Waals surface area contributed by atoms with Crippen molar-refractivity contribution in [2.45, 2.75) is 45.2 Å². The second kappa shape index (κ2) is 8.46. The van der Waals surface area contributed by atoms with Crippen molar-refractivity contribution in [1.29, 1.82) is 0 Å². The zero-order valence-electron chi connectivity index (χ0n) is 12.5. The molecule has 0 aliphatic heterocycles. The molecule has 3 nitrogen and oxygen atoms in total. The van der Waals surface area contributed by atoms with Gasteiger partial charge in [-0.05, 0) is 25.0 Å². The van der Waals surface area contributed by atoms with E-state index in [1.807, 2.05) is 6.92 Å². The molecule has 22 heavy (non-hydrogen) atoms. The van der Waals surface area contributed by atoms with Gasteiger partial charge >= 0.3 is 6.18 Å². The van der Waals surface area contributed by atoms with E-state index < -0.39 is 12.0 Å². The van der Waals surface area contributed by atoms with Crippen LogP contribution in [0.2, 0.25) is 0 Å². The first-order valence-corrected chi connectivity index (χ1v) is 7.28. The lowest BCUT2D eigenvalue weighted by molar-refractivity contribution is -0.165. The monoisotopic (exact) mass is 314 g/mol. The van der Waals surface area contributed by atoms with Crippen LogP contribution < -0.4 is 11.1 Å². The number of hydrogen-bond donors (Lipinski definition) is 2. The summed E-state index contributed by atoms with van der Waals surface area (Å²) < 4.78 is 37.3. The van der Waals surface area contributed by atoms with Crippen molar-refractivity contribution in [2.75, 3.05) is 11.1 Å². The van der Waals surface area contributed by atoms with Gasteiger partial charge in [0, 0.05) is 11.8 Å². The fourth-order valence-electron chi connectivity index (χ4n) is 1.94. The Morgan fingerprint density at radius 3 is 2.50 bits per heavy atom. The summed E-state index contributed by atoms with van der Waals surface area (Å²) in [6, 6.07) is 6.75. The quantitative estimate of drug-likeness (QED) is 0.416. The molecule has 1 aromatic carbocycles. The molecule has 6 heteroatoms. The minimum Gasteiger partial charge on any atom is -0.397 e. The van der Waals surface area contributed by atoms with E-state index in [2.05, 4.69) is 5.32 Å². The van der Waals surface area contributed by atoms with Crippen LogP contribution in [0.3, 0.4) is 0 Å². The molecule has 0 aliphatic carbocycles. The minimum absolute atomic E-state index is 0.233. The molecule has 0 radical (unpaired) electrons. The summed E-state index contributed by atoms with van der Waals surface area (Å²) in [5.74, 6) is -1.86. The van der Waals surface area contributed by atoms with Crippen LogP contribution in [0.5, 0.6) is 0 Å². The summed E-state index contributed by atoms with van der Waals surface area (Å²) in [7, 11) is 0. The normalized spacial score (nSPS) is 12.3. The molecule has 3 N–H and O–H groups in total. The number of nitrogens with two attached hydrogens (primary N) is 1. The molecule has 1 rings (SSSR count). The molecule has 0 saturated carbocycles. The van der Waals surface area contributed by atoms with E-state index in [1.54, 1.807) is 24.3 Å². The molecule has 1 aromatic rings. The van der Waals surface area contributed by atoms with E-state index in [0.29, 0.717) is 30.3 Å². The number of benzene rings is 1. The third-order valence-corrected chi connectivity index (χ3v) is 3.14. The smallest absolute Gasteiger partial charge is 0.397 e. The number of alkyl halides is 3. The highest BCUT2D eigenvalue weighted by Gasteiger charge is 2.36. The molecule has 0 amide bonds. The summed E-state index contributed by atoms with van der Waals surface area (Å²) in [5, 5.41) is 2.84. The number of rotatable bonds is 8. The first-order chi connectivity index (χ1) is 10.3. The van der Waals surface area contributed by atoms with Gasteiger partial charge in [-0.1, -0.05) is 38.3 Å². The molecule has 0 unspecified atom stereocenters. The number of carbonyl (C=O) groups is 1. The Labute approximate surface area is 128 Å². The van der Waals surface area contributed by atoms with Gasteiger partial charge in [0.15, 0.2) is 0 Å². The number of halogens is 3. The predicted molar refractivity (Wildman–Crippen MR) is 82.4 cm³/mol. The summed E-state index contributed by atoms with van der Waals surface area (Å²) in [4.78, 5) is 11.2. The van der Waals surface area contributed by atoms with Crippen molar-refractivity contribution in [2.24, 2.45) is 0 Å². The second-order valence-electron chi connectivity index (χ2n) is 5.05. The molecular weight excluding hydrogens is 293 g/mol. The maximum atomic E-state index is 12.4. The Morgan fingerprint density at radius 2 is 1.91 bits per heavy atom. The fraction of sp³-hybridized carbons (Fsp3) is 0.438. The zero-order chi connectivity index (χ0) is 16.6. The number of nitrogens with one attached hydrogen (secondary N) is 1. The van der Waals surface area contributed by atoms with Gasteiger partial charge in [0.2, 0.25) is 0 Å². The van der Waals surface area contributed by atoms with E-state index in [-0.39, 0.29) is 5.70 Å². The SMILES string of the molecule is CCCCCC/C(=C/C(=O)C(F)(F)F)Nc1ccccc1N. The van der Waals surface area contributed by atoms with Gasteiger partial charge in [0.1, 0.15) is 0 Å². The minimum atomic E-state index is -4.86. The van der Waals surface area contributed by atoms with Gasteiger partial charge in [-0.3, -0.25) is 4.79 Å². The topological polar surface area (TPSA) is 55.1 Å². The van der Waals surface area contributed by atoms with E-state index in [4.69, 9.17) is 5.73 Å². The predicted octanol–water partition coefficient (Wildman–Crippen LogP) is 4.67. The first kappa shape index (κ1) is 18.1. The molecular formula is C16H21F3N2O. The number of ketones is 1. The molecule has 0 atom stereocenters. The summed E-state index contributed by atoms with van der Waals surface area (Å²) >= 11 is 0. The van der Waals surface area contributed by atoms with Crippen molar-refractivity contribution in [3.05, 3.63) is 36.0 Å². The zero-order valence-corrected chi connectivity index (χ0v) is 12.5. The lowest BCUT2D eigenvalue weighted by Crippen LogP contribution is -2.21. The highest BCUT2D eigenvalue weighted by molar-refractivity contribution is 5.95. The van der Waals surface area contributed by atoms with E-state index >= 15 is 0 Å². The molecule has 0 aromatic heterocycles. The number of unbranched alkanes of at least 4 members (excludes halogenated alkanes) is 3. The van der Waals surface area contributed by atoms with Crippen LogP contribution in [-0.2, 0) is 4.79 Å². The summed E-state index contributed by atoms with van der Waals surface area (Å²) in [6.07, 6.45) is -0.217. The van der Waals surface area contributed by atoms with Gasteiger partial charge in [-0.15, -0.1) is 0 Å². The van der Waals surface area contributed by atoms with Crippen molar-refractivity contribution < 1.29 is 18.0 Å². The van der Waals surface area contributed by atoms with Crippen molar-refractivity contribution in [1.82, 2.24) is 0 Å². The first-order valence-electron chi connectivity index (χ1n) is 7.28. The van der Waals surface area contributed by atoms with Crippen LogP contribution in [0.25, 0.3) is 0 Å². The van der Waals surface area contributed by atoms with Crippen LogP contribution in [-0.4, -0.2) is 12.0 Å². The standard InChI is InChI=1S/C16H21F3N2O/c1-2-3-4-5-8-12(11-15(22)16(17,18)19)21-14-10-7-6-9-13(14)20/h6-7,9-11,21H,2-5,8,20H2,1H3/b12-11-. The largest absolute Gasteiger partial charge is 0.454 e. The maximum absolute atomic E-state index is 12.4. The summed E-state index contributed by atoms with van der Waals surface area (Å²) in [5.41, 5.74) is 6.91. The van der Waals surface area contributed by atoms with Crippen LogP contribution in [0.4, 0.5) is 24.5 Å². The Morgan fingerprint density at radius 1 is 1.23 bits per heavy atom. The van der Waals surface area contributed by atoms with Crippen LogP contribution in [0, 0.1) is 0 Å². The average molecular weight is 314 g/mol. The third-order valence-electron chi connectivity index (χ3n) is 3.14. The number of hydrogen-bond acceptors (Lipinski definition) is 3. The Hall–Kier alpha value is -1.98. The average Bonchev–Trinajstić information content (AvgIpc) is 2.44. The van der Waals surface area contributed by atoms with Gasteiger partial charge < -0.3 is 11.1 Å². The number of allylic oxidation sites excluding steroid dienone is 2. The van der Waals surface area contributed by atoms with Gasteiger partial charge in [0.05, 0.1) is 11.4 Å². The van der Waals surface area contributed by atoms with E-state index in [0.717, 1.165) is 19.3 Å².